The lowest BCUT2D eigenvalue weighted by Crippen LogP contribution is -2.35. The highest BCUT2D eigenvalue weighted by molar-refractivity contribution is 5.87. The Morgan fingerprint density at radius 3 is 2.64 bits per heavy atom. The Morgan fingerprint density at radius 1 is 1.12 bits per heavy atom. The lowest BCUT2D eigenvalue weighted by molar-refractivity contribution is -0.754. The third kappa shape index (κ3) is 5.20. The normalized spacial score (nSPS) is 12.2. The summed E-state index contributed by atoms with van der Waals surface area (Å²) >= 11 is 0. The van der Waals surface area contributed by atoms with Gasteiger partial charge in [-0.15, -0.1) is 0 Å². The van der Waals surface area contributed by atoms with Crippen LogP contribution in [0.3, 0.4) is 0 Å². The molecule has 0 saturated carbocycles. The highest BCUT2D eigenvalue weighted by Crippen LogP contribution is 2.30. The molecule has 0 saturated heterocycles. The van der Waals surface area contributed by atoms with Gasteiger partial charge in [0.15, 0.2) is 0 Å². The minimum atomic E-state index is -4.52. The number of hydrogen-bond acceptors (Lipinski definition) is 6. The molecule has 0 amide bonds. The van der Waals surface area contributed by atoms with Gasteiger partial charge in [0, 0.05) is 16.8 Å². The van der Waals surface area contributed by atoms with Gasteiger partial charge in [0.25, 0.3) is 6.20 Å². The molecular weight excluding hydrogens is 439 g/mol. The topological polar surface area (TPSA) is 103 Å². The van der Waals surface area contributed by atoms with E-state index in [1.54, 1.807) is 0 Å². The van der Waals surface area contributed by atoms with E-state index in [0.717, 1.165) is 34.5 Å². The van der Waals surface area contributed by atoms with Crippen molar-refractivity contribution in [2.75, 3.05) is 5.32 Å². The maximum Gasteiger partial charge on any atom is 0.416 e. The average Bonchev–Trinajstić information content (AvgIpc) is 3.33. The number of nitrogens with zero attached hydrogens (tertiary/aromatic N) is 4. The lowest BCUT2D eigenvalue weighted by atomic mass is 10.0. The number of anilines is 1. The molecule has 0 aliphatic heterocycles. The maximum atomic E-state index is 12.8. The van der Waals surface area contributed by atoms with Gasteiger partial charge >= 0.3 is 12.1 Å². The van der Waals surface area contributed by atoms with E-state index in [0.29, 0.717) is 12.3 Å². The molecule has 8 nitrogen and oxygen atoms in total. The predicted molar refractivity (Wildman–Crippen MR) is 109 cm³/mol. The van der Waals surface area contributed by atoms with E-state index in [2.05, 4.69) is 20.7 Å². The average molecular weight is 457 g/mol. The first-order valence-corrected chi connectivity index (χ1v) is 9.77. The fraction of sp³-hybridized carbons (Fsp3) is 0.182. The van der Waals surface area contributed by atoms with Crippen molar-refractivity contribution in [1.82, 2.24) is 10.4 Å². The molecule has 4 aromatic rings. The molecule has 2 aromatic heterocycles. The van der Waals surface area contributed by atoms with Crippen molar-refractivity contribution in [3.63, 3.8) is 0 Å². The summed E-state index contributed by atoms with van der Waals surface area (Å²) in [6.45, 7) is 4.04. The van der Waals surface area contributed by atoms with Crippen LogP contribution in [0.25, 0.3) is 11.1 Å². The number of hydrogen-bond donors (Lipinski definition) is 1. The molecule has 2 heterocycles. The molecule has 2 aromatic carbocycles. The van der Waals surface area contributed by atoms with E-state index in [1.807, 2.05) is 38.1 Å². The summed E-state index contributed by atoms with van der Waals surface area (Å²) in [7, 11) is 0. The van der Waals surface area contributed by atoms with Gasteiger partial charge in [-0.3, -0.25) is 4.52 Å². The highest BCUT2D eigenvalue weighted by atomic mass is 19.4. The van der Waals surface area contributed by atoms with Gasteiger partial charge in [0.2, 0.25) is 11.8 Å². The first-order valence-electron chi connectivity index (χ1n) is 9.77. The quantitative estimate of drug-likeness (QED) is 0.278. The van der Waals surface area contributed by atoms with Gasteiger partial charge in [-0.1, -0.05) is 29.4 Å². The number of halogens is 3. The lowest BCUT2D eigenvalue weighted by Gasteiger charge is -2.14. The Balaban J connectivity index is 1.46. The number of aromatic nitrogens is 3. The zero-order chi connectivity index (χ0) is 23.6. The van der Waals surface area contributed by atoms with Crippen molar-refractivity contribution < 1.29 is 32.0 Å². The minimum Gasteiger partial charge on any atom is -0.846 e. The number of aryl methyl sites for hydroxylation is 2. The minimum absolute atomic E-state index is 0.0397. The van der Waals surface area contributed by atoms with Crippen molar-refractivity contribution in [1.29, 1.82) is 0 Å². The molecule has 1 N–H and O–H groups in total. The molecule has 0 unspecified atom stereocenters. The maximum absolute atomic E-state index is 12.8. The van der Waals surface area contributed by atoms with Crippen LogP contribution in [-0.4, -0.2) is 16.4 Å². The largest absolute Gasteiger partial charge is 0.846 e. The molecule has 0 atom stereocenters. The van der Waals surface area contributed by atoms with Crippen LogP contribution in [0.1, 0.15) is 22.6 Å². The van der Waals surface area contributed by atoms with Crippen molar-refractivity contribution in [2.45, 2.75) is 26.6 Å². The second-order valence-corrected chi connectivity index (χ2v) is 7.26. The van der Waals surface area contributed by atoms with Gasteiger partial charge in [0.1, 0.15) is 5.76 Å². The molecule has 170 valence electrons. The summed E-state index contributed by atoms with van der Waals surface area (Å²) in [6, 6.07) is 11.1. The van der Waals surface area contributed by atoms with Gasteiger partial charge in [-0.05, 0) is 48.4 Å². The van der Waals surface area contributed by atoms with Crippen molar-refractivity contribution in [3.05, 3.63) is 77.3 Å². The molecule has 0 fully saturated rings. The number of alkyl halides is 3. The van der Waals surface area contributed by atoms with Gasteiger partial charge < -0.3 is 14.9 Å². The number of benzene rings is 2. The molecule has 0 spiro atoms. The van der Waals surface area contributed by atoms with E-state index in [9.17, 15) is 18.3 Å². The van der Waals surface area contributed by atoms with Crippen LogP contribution in [0.2, 0.25) is 0 Å². The fourth-order valence-electron chi connectivity index (χ4n) is 3.32. The van der Waals surface area contributed by atoms with E-state index in [1.165, 1.54) is 23.0 Å². The van der Waals surface area contributed by atoms with Crippen molar-refractivity contribution in [3.8, 4) is 11.1 Å². The zero-order valence-electron chi connectivity index (χ0n) is 17.6. The van der Waals surface area contributed by atoms with Crippen LogP contribution in [0, 0.1) is 13.8 Å². The smallest absolute Gasteiger partial charge is 0.416 e. The van der Waals surface area contributed by atoms with Gasteiger partial charge in [0.05, 0.1) is 17.3 Å². The molecule has 0 radical (unpaired) electrons. The summed E-state index contributed by atoms with van der Waals surface area (Å²) in [6.07, 6.45) is -3.11. The summed E-state index contributed by atoms with van der Waals surface area (Å²) in [5.41, 5.74) is 2.64. The monoisotopic (exact) mass is 457 g/mol. The summed E-state index contributed by atoms with van der Waals surface area (Å²) < 4.78 is 50.1. The SMILES string of the molecule is Cc1noc(C)c1-c1cccc(C[n+]2cc(N=C([O-])Nc3cccc(C(F)(F)F)c3)on2)c1. The Hall–Kier alpha value is -4.15. The van der Waals surface area contributed by atoms with Crippen LogP contribution in [0.4, 0.5) is 24.7 Å². The number of rotatable bonds is 5. The summed E-state index contributed by atoms with van der Waals surface area (Å²) in [5.74, 6) is 0.618. The summed E-state index contributed by atoms with van der Waals surface area (Å²) in [4.78, 5) is 3.69. The van der Waals surface area contributed by atoms with Gasteiger partial charge in [-0.25, -0.2) is 4.99 Å². The fourth-order valence-corrected chi connectivity index (χ4v) is 3.32. The van der Waals surface area contributed by atoms with Crippen molar-refractivity contribution >= 4 is 17.6 Å². The Kier molecular flexibility index (Phi) is 5.86. The first kappa shape index (κ1) is 22.1. The summed E-state index contributed by atoms with van der Waals surface area (Å²) in [5, 5.41) is 22.2. The molecule has 33 heavy (non-hydrogen) atoms. The number of aliphatic imine (C=N–C) groups is 1. The van der Waals surface area contributed by atoms with Crippen LogP contribution in [0.15, 0.2) is 68.8 Å². The van der Waals surface area contributed by atoms with Crippen LogP contribution in [-0.2, 0) is 12.7 Å². The first-order chi connectivity index (χ1) is 15.7. The molecule has 4 rings (SSSR count). The van der Waals surface area contributed by atoms with Crippen LogP contribution < -0.4 is 15.1 Å². The van der Waals surface area contributed by atoms with Gasteiger partial charge in [-0.2, -0.15) is 13.2 Å². The predicted octanol–water partition coefficient (Wildman–Crippen LogP) is 3.76. The Labute approximate surface area is 185 Å². The second-order valence-electron chi connectivity index (χ2n) is 7.26. The third-order valence-electron chi connectivity index (χ3n) is 4.75. The zero-order valence-corrected chi connectivity index (χ0v) is 17.6. The molecule has 0 aliphatic rings. The highest BCUT2D eigenvalue weighted by Gasteiger charge is 2.30. The standard InChI is InChI=1S/C22H18F3N5O3/c1-13-20(14(2)32-28-13)16-6-3-5-15(9-16)11-30-12-19(33-29-30)27-21(31)26-18-8-4-7-17(10-18)22(23,24)25/h3-10,12H,11H2,1-2H3,(H-,26,27,29,31). The number of amidine groups is 1. The third-order valence-corrected chi connectivity index (χ3v) is 4.75. The van der Waals surface area contributed by atoms with Crippen molar-refractivity contribution in [2.24, 2.45) is 4.99 Å². The molecule has 11 heteroatoms. The van der Waals surface area contributed by atoms with Crippen LogP contribution >= 0.6 is 0 Å². The van der Waals surface area contributed by atoms with E-state index in [4.69, 9.17) is 9.05 Å². The van der Waals surface area contributed by atoms with E-state index in [-0.39, 0.29) is 11.6 Å². The molecular formula is C22H18F3N5O3. The van der Waals surface area contributed by atoms with Crippen LogP contribution in [0.5, 0.6) is 0 Å². The Morgan fingerprint density at radius 2 is 1.91 bits per heavy atom. The molecule has 0 aliphatic carbocycles. The number of nitrogens with one attached hydrogen (secondary N) is 1. The molecule has 0 bridgehead atoms. The Bertz CT molecular complexity index is 1290. The van der Waals surface area contributed by atoms with E-state index >= 15 is 0 Å². The van der Waals surface area contributed by atoms with E-state index < -0.39 is 17.8 Å². The second kappa shape index (κ2) is 8.77.